The molecule has 3 aromatic heterocycles. The normalized spacial score (nSPS) is 17.3. The number of carbonyl (C=O) groups is 8. The van der Waals surface area contributed by atoms with Crippen LogP contribution in [0, 0.1) is 0 Å². The zero-order chi connectivity index (χ0) is 85.5. The summed E-state index contributed by atoms with van der Waals surface area (Å²) in [7, 11) is -2.13. The van der Waals surface area contributed by atoms with Crippen LogP contribution in [0.1, 0.15) is 163 Å². The molecule has 0 spiro atoms. The van der Waals surface area contributed by atoms with E-state index in [0.717, 1.165) is 74.4 Å². The Hall–Kier alpha value is -13.6. The van der Waals surface area contributed by atoms with Gasteiger partial charge in [-0.05, 0) is 118 Å². The van der Waals surface area contributed by atoms with Crippen molar-refractivity contribution < 1.29 is 67.6 Å². The fourth-order valence-electron chi connectivity index (χ4n) is 16.8. The maximum atomic E-state index is 14.3. The van der Waals surface area contributed by atoms with Crippen LogP contribution >= 0.6 is 0 Å². The van der Waals surface area contributed by atoms with Gasteiger partial charge in [-0.25, -0.2) is 0 Å². The van der Waals surface area contributed by atoms with Crippen molar-refractivity contribution in [2.45, 2.75) is 109 Å². The number of aromatic nitrogens is 3. The van der Waals surface area contributed by atoms with Gasteiger partial charge in [-0.1, -0.05) is 172 Å². The standard InChI is InChI=1S/C35H30N4O7.C31H36N4O6Si.C25H26N4O4/c1-21(40)46-19-18-36-29(20-37-33(43)26-12-6-7-13-27(26)34(37)44)39(38-17-16-28(41)32(42)31(38)35(36)45)30-24-10-4-2-8-22(24)14-15-23-9-3-5-11-25(23)30;1-31(2,3)42(4,5)41-18-17-33-25(19-34-28(37)22-13-9-10-14-23(22)29(34)38)32-35-16-15-24(36)27(26(35)30(33)39)40-20-21-11-7-6-8-12-21;26-15-21-27(13-14-30)25(33)23-24(32)20(31)11-12-28(23)29(21)22-18-7-3-1-5-16(18)9-10-17-6-2-4-8-19(17)22/h2-13,16-17,29-30,42H,14-15,18-20H2,1H3;6-16,25,32H,17-20H2,1-5H3;1-8,11-12,21-22,30,32H,9-10,13-15,26H2. The average Bonchev–Trinajstić information content (AvgIpc) is 1.67. The molecular formula is C91H92N12O17Si. The first-order valence-electron chi connectivity index (χ1n) is 40.1. The highest BCUT2D eigenvalue weighted by atomic mass is 28.4. The van der Waals surface area contributed by atoms with Crippen molar-refractivity contribution in [2.75, 3.05) is 74.5 Å². The number of carbonyl (C=O) groups excluding carboxylic acids is 8. The van der Waals surface area contributed by atoms with E-state index in [-0.39, 0.29) is 111 Å². The number of pyridine rings is 3. The summed E-state index contributed by atoms with van der Waals surface area (Å²) in [6, 6.07) is 57.7. The second-order valence-corrected chi connectivity index (χ2v) is 36.7. The van der Waals surface area contributed by atoms with Crippen LogP contribution in [0.4, 0.5) is 0 Å². The van der Waals surface area contributed by atoms with E-state index in [1.54, 1.807) is 53.2 Å². The van der Waals surface area contributed by atoms with Gasteiger partial charge in [0.2, 0.25) is 16.3 Å². The lowest BCUT2D eigenvalue weighted by Gasteiger charge is -2.50. The third-order valence-corrected chi connectivity index (χ3v) is 28.3. The number of hydrogen-bond donors (Lipinski definition) is 5. The lowest BCUT2D eigenvalue weighted by atomic mass is 9.93. The van der Waals surface area contributed by atoms with Gasteiger partial charge in [-0.15, -0.1) is 0 Å². The second kappa shape index (κ2) is 34.0. The minimum atomic E-state index is -2.13. The molecule has 5 aliphatic heterocycles. The molecule has 7 aliphatic rings. The van der Waals surface area contributed by atoms with Crippen molar-refractivity contribution in [1.29, 1.82) is 0 Å². The van der Waals surface area contributed by atoms with Crippen molar-refractivity contribution >= 4 is 55.6 Å². The summed E-state index contributed by atoms with van der Waals surface area (Å²) >= 11 is 0. The number of ether oxygens (including phenoxy) is 2. The number of benzene rings is 7. The number of aromatic hydroxyl groups is 2. The van der Waals surface area contributed by atoms with E-state index in [4.69, 9.17) is 19.6 Å². The van der Waals surface area contributed by atoms with Gasteiger partial charge in [0.15, 0.2) is 42.6 Å². The zero-order valence-corrected chi connectivity index (χ0v) is 68.6. The topological polar surface area (TPSA) is 352 Å². The molecule has 29 nitrogen and oxygen atoms in total. The minimum Gasteiger partial charge on any atom is -0.502 e. The molecule has 0 saturated heterocycles. The predicted molar refractivity (Wildman–Crippen MR) is 450 cm³/mol. The molecule has 0 radical (unpaired) electrons. The quantitative estimate of drug-likeness (QED) is 0.0289. The number of aliphatic hydroxyl groups is 1. The molecule has 3 unspecified atom stereocenters. The number of nitrogens with one attached hydrogen (secondary N) is 1. The molecular weight excluding hydrogens is 1560 g/mol. The van der Waals surface area contributed by atoms with Crippen molar-refractivity contribution in [3.63, 3.8) is 0 Å². The summed E-state index contributed by atoms with van der Waals surface area (Å²) in [6.07, 6.45) is 5.25. The smallest absolute Gasteiger partial charge is 0.302 e. The molecule has 2 aliphatic carbocycles. The second-order valence-electron chi connectivity index (χ2n) is 31.8. The first kappa shape index (κ1) is 82.5. The number of rotatable bonds is 19. The summed E-state index contributed by atoms with van der Waals surface area (Å²) in [5.74, 6) is -5.51. The Labute approximate surface area is 697 Å². The Morgan fingerprint density at radius 2 is 0.868 bits per heavy atom. The van der Waals surface area contributed by atoms with Crippen LogP contribution in [-0.4, -0.2) is 187 Å². The number of aliphatic hydroxyl groups excluding tert-OH is 1. The van der Waals surface area contributed by atoms with Crippen LogP contribution in [0.5, 0.6) is 17.2 Å². The third-order valence-electron chi connectivity index (χ3n) is 23.8. The van der Waals surface area contributed by atoms with Gasteiger partial charge in [0, 0.05) is 63.3 Å². The van der Waals surface area contributed by atoms with E-state index in [1.807, 2.05) is 113 Å². The van der Waals surface area contributed by atoms with E-state index in [9.17, 15) is 68.1 Å². The summed E-state index contributed by atoms with van der Waals surface area (Å²) in [5.41, 5.74) is 17.9. The average molecular weight is 1650 g/mol. The minimum absolute atomic E-state index is 0.0236. The van der Waals surface area contributed by atoms with E-state index < -0.39 is 108 Å². The molecule has 3 atom stereocenters. The van der Waals surface area contributed by atoms with Gasteiger partial charge in [-0.3, -0.25) is 86.6 Å². The van der Waals surface area contributed by atoms with Gasteiger partial charge >= 0.3 is 5.97 Å². The molecule has 8 heterocycles. The lowest BCUT2D eigenvalue weighted by Crippen LogP contribution is -2.66. The molecule has 6 N–H and O–H groups in total. The van der Waals surface area contributed by atoms with E-state index in [2.05, 4.69) is 63.6 Å². The summed E-state index contributed by atoms with van der Waals surface area (Å²) in [4.78, 5) is 152. The molecule has 10 aromatic rings. The SMILES string of the molecule is CC(=O)OCCN1C(=O)c2c(O)c(=O)ccn2N(C2c3ccccc3CCc3ccccc32)C1CN1C(=O)c2ccccc2C1=O.CC(C)(C)[Si](C)(C)OCCN1C(=O)c2c(OCc3ccccc3)c(=O)ccn2NC1CN1C(=O)c2ccccc2C1=O.NCC1N(CCO)C(=O)c2c(O)c(=O)ccn2N1C1c2ccccc2CCc2ccccc21. The Morgan fingerprint density at radius 3 is 1.31 bits per heavy atom. The first-order chi connectivity index (χ1) is 58.2. The van der Waals surface area contributed by atoms with E-state index in [0.29, 0.717) is 11.1 Å². The van der Waals surface area contributed by atoms with Crippen LogP contribution in [0.2, 0.25) is 18.1 Å². The zero-order valence-electron chi connectivity index (χ0n) is 67.6. The Balaban J connectivity index is 0.000000143. The number of esters is 1. The Kier molecular flexibility index (Phi) is 23.2. The number of fused-ring (bicyclic) bond motifs is 9. The monoisotopic (exact) mass is 1650 g/mol. The fourth-order valence-corrected chi connectivity index (χ4v) is 17.8. The molecule has 622 valence electrons. The molecule has 7 amide bonds. The van der Waals surface area contributed by atoms with Gasteiger partial charge < -0.3 is 55.1 Å². The number of nitrogens with zero attached hydrogens (tertiary/aromatic N) is 10. The van der Waals surface area contributed by atoms with Gasteiger partial charge in [-0.2, -0.15) is 0 Å². The highest BCUT2D eigenvalue weighted by molar-refractivity contribution is 6.74. The third kappa shape index (κ3) is 15.5. The predicted octanol–water partition coefficient (Wildman–Crippen LogP) is 8.21. The number of aryl methyl sites for hydroxylation is 4. The molecule has 0 fully saturated rings. The largest absolute Gasteiger partial charge is 0.502 e. The molecule has 0 saturated carbocycles. The fraction of sp³-hybridized carbons (Fsp3) is 0.286. The number of hydrogen-bond acceptors (Lipinski definition) is 21. The van der Waals surface area contributed by atoms with Crippen molar-refractivity contribution in [3.8, 4) is 17.2 Å². The molecule has 121 heavy (non-hydrogen) atoms. The van der Waals surface area contributed by atoms with Crippen LogP contribution in [0.25, 0.3) is 0 Å². The maximum absolute atomic E-state index is 14.3. The first-order valence-corrected chi connectivity index (χ1v) is 43.0. The van der Waals surface area contributed by atoms with E-state index in [1.165, 1.54) is 78.9 Å². The number of imide groups is 2. The van der Waals surface area contributed by atoms with Crippen molar-refractivity contribution in [2.24, 2.45) is 5.73 Å². The van der Waals surface area contributed by atoms with Crippen LogP contribution in [0.15, 0.2) is 227 Å². The van der Waals surface area contributed by atoms with Gasteiger partial charge in [0.05, 0.1) is 67.2 Å². The summed E-state index contributed by atoms with van der Waals surface area (Å²) in [5, 5.41) is 35.1. The Morgan fingerprint density at radius 1 is 0.471 bits per heavy atom. The van der Waals surface area contributed by atoms with Gasteiger partial charge in [0.25, 0.3) is 41.4 Å². The van der Waals surface area contributed by atoms with Crippen LogP contribution < -0.4 is 42.2 Å². The highest BCUT2D eigenvalue weighted by Gasteiger charge is 2.50. The number of nitrogens with two attached hydrogens (primary N) is 1. The van der Waals surface area contributed by atoms with Crippen molar-refractivity contribution in [1.82, 2.24) is 38.5 Å². The molecule has 30 heteroatoms. The molecule has 7 aromatic carbocycles. The van der Waals surface area contributed by atoms with E-state index >= 15 is 0 Å². The maximum Gasteiger partial charge on any atom is 0.302 e. The molecule has 0 bridgehead atoms. The van der Waals surface area contributed by atoms with Crippen LogP contribution in [-0.2, 0) is 46.2 Å². The summed E-state index contributed by atoms with van der Waals surface area (Å²) < 4.78 is 22.0. The Bertz CT molecular complexity index is 5800. The molecule has 17 rings (SSSR count). The lowest BCUT2D eigenvalue weighted by molar-refractivity contribution is -0.141. The number of β-amino-alcohol motifs (C(OH)–C–C–N with tert-alkyl or cyclic N) is 1. The van der Waals surface area contributed by atoms with Gasteiger partial charge in [0.1, 0.15) is 31.7 Å². The summed E-state index contributed by atoms with van der Waals surface area (Å²) in [6.45, 7) is 11.6. The highest BCUT2D eigenvalue weighted by Crippen LogP contribution is 2.44. The van der Waals surface area contributed by atoms with Crippen molar-refractivity contribution in [3.05, 3.63) is 333 Å². The number of amides is 7. The van der Waals surface area contributed by atoms with Crippen LogP contribution in [0.3, 0.4) is 0 Å².